The van der Waals surface area contributed by atoms with Gasteiger partial charge in [0.15, 0.2) is 5.65 Å². The number of nitrogens with one attached hydrogen (secondary N) is 1. The van der Waals surface area contributed by atoms with Gasteiger partial charge in [-0.1, -0.05) is 58.9 Å². The van der Waals surface area contributed by atoms with E-state index in [-0.39, 0.29) is 46.1 Å². The summed E-state index contributed by atoms with van der Waals surface area (Å²) in [5.41, 5.74) is 6.55. The van der Waals surface area contributed by atoms with Crippen LogP contribution in [0.25, 0.3) is 22.4 Å². The number of rotatable bonds is 4. The first kappa shape index (κ1) is 36.5. The largest absolute Gasteiger partial charge is 0.475 e. The Morgan fingerprint density at radius 3 is 2.45 bits per heavy atom. The summed E-state index contributed by atoms with van der Waals surface area (Å²) >= 11 is 0. The van der Waals surface area contributed by atoms with Crippen LogP contribution < -0.4 is 9.46 Å². The molecule has 1 N–H and O–H groups in total. The van der Waals surface area contributed by atoms with Crippen LogP contribution in [0, 0.1) is 19.8 Å². The monoisotopic (exact) mass is 737 g/mol. The van der Waals surface area contributed by atoms with Crippen molar-refractivity contribution in [3.63, 3.8) is 0 Å². The fourth-order valence-electron chi connectivity index (χ4n) is 7.61. The first-order valence-electron chi connectivity index (χ1n) is 18.1. The molecule has 0 saturated carbocycles. The molecule has 53 heavy (non-hydrogen) atoms. The van der Waals surface area contributed by atoms with Crippen molar-refractivity contribution in [2.45, 2.75) is 89.8 Å². The molecule has 1 amide bonds. The van der Waals surface area contributed by atoms with Gasteiger partial charge >= 0.3 is 0 Å². The topological polar surface area (TPSA) is 141 Å². The first-order valence-corrected chi connectivity index (χ1v) is 19.6. The molecule has 5 heterocycles. The van der Waals surface area contributed by atoms with Gasteiger partial charge in [0, 0.05) is 42.0 Å². The minimum Gasteiger partial charge on any atom is -0.475 e. The van der Waals surface area contributed by atoms with Gasteiger partial charge in [-0.15, -0.1) is 0 Å². The van der Waals surface area contributed by atoms with Gasteiger partial charge in [-0.3, -0.25) is 9.78 Å². The van der Waals surface area contributed by atoms with Crippen molar-refractivity contribution in [2.24, 2.45) is 13.0 Å². The fourth-order valence-corrected chi connectivity index (χ4v) is 8.60. The molecule has 2 aliphatic rings. The Labute approximate surface area is 311 Å². The normalized spacial score (nSPS) is 20.4. The van der Waals surface area contributed by atoms with Crippen molar-refractivity contribution >= 4 is 33.0 Å². The van der Waals surface area contributed by atoms with Crippen LogP contribution in [0.2, 0.25) is 0 Å². The number of benzene rings is 2. The molecule has 1 fully saturated rings. The first-order chi connectivity index (χ1) is 25.1. The summed E-state index contributed by atoms with van der Waals surface area (Å²) in [6, 6.07) is 14.6. The molecule has 0 unspecified atom stereocenters. The third-order valence-electron chi connectivity index (χ3n) is 10.1. The molecule has 3 atom stereocenters. The Bertz CT molecular complexity index is 2290. The maximum Gasteiger partial charge on any atom is 0.264 e. The number of sulfonamides is 1. The van der Waals surface area contributed by atoms with Gasteiger partial charge in [-0.2, -0.15) is 4.98 Å². The predicted molar refractivity (Wildman–Crippen MR) is 203 cm³/mol. The molecule has 5 aromatic rings. The van der Waals surface area contributed by atoms with Crippen LogP contribution in [0.5, 0.6) is 5.88 Å². The summed E-state index contributed by atoms with van der Waals surface area (Å²) in [7, 11) is -2.23. The van der Waals surface area contributed by atoms with E-state index < -0.39 is 28.2 Å². The van der Waals surface area contributed by atoms with Crippen molar-refractivity contribution in [1.29, 1.82) is 0 Å². The number of ether oxygens (including phenoxy) is 2. The maximum atomic E-state index is 15.0. The van der Waals surface area contributed by atoms with Gasteiger partial charge in [-0.25, -0.2) is 23.1 Å². The minimum absolute atomic E-state index is 0.0166. The molecule has 2 aromatic carbocycles. The highest BCUT2D eigenvalue weighted by Crippen LogP contribution is 2.37. The summed E-state index contributed by atoms with van der Waals surface area (Å²) < 4.78 is 45.5. The van der Waals surface area contributed by atoms with E-state index in [2.05, 4.69) is 59.9 Å². The Hall–Kier alpha value is -4.88. The molecule has 0 spiro atoms. The second kappa shape index (κ2) is 13.8. The van der Waals surface area contributed by atoms with E-state index >= 15 is 4.79 Å². The zero-order valence-electron chi connectivity index (χ0n) is 31.5. The smallest absolute Gasteiger partial charge is 0.264 e. The van der Waals surface area contributed by atoms with Gasteiger partial charge in [0.1, 0.15) is 12.1 Å². The second-order valence-electron chi connectivity index (χ2n) is 15.6. The van der Waals surface area contributed by atoms with Crippen molar-refractivity contribution < 1.29 is 22.7 Å². The number of fused-ring (bicyclic) bond motifs is 6. The molecule has 278 valence electrons. The van der Waals surface area contributed by atoms with Gasteiger partial charge in [0.25, 0.3) is 15.9 Å². The lowest BCUT2D eigenvalue weighted by Crippen LogP contribution is -2.51. The van der Waals surface area contributed by atoms with E-state index in [4.69, 9.17) is 19.4 Å². The SMILES string of the molecule is Cc1cccc(C)c1-c1cc2nc(n1)NS(=O)(=O)c1cccc(c1)C(=O)N1[C@H](c3cnc4cc(C(C)(C)C)n(C)c4n3)CCO[C@@H](CC(C)C)[C@@H]1CO2. The predicted octanol–water partition coefficient (Wildman–Crippen LogP) is 6.92. The summed E-state index contributed by atoms with van der Waals surface area (Å²) in [6.07, 6.45) is 2.44. The van der Waals surface area contributed by atoms with Gasteiger partial charge < -0.3 is 18.9 Å². The van der Waals surface area contributed by atoms with Gasteiger partial charge in [-0.05, 0) is 68.0 Å². The molecule has 4 bridgehead atoms. The van der Waals surface area contributed by atoms with Crippen LogP contribution in [-0.2, 0) is 27.2 Å². The van der Waals surface area contributed by atoms with E-state index in [0.29, 0.717) is 36.5 Å². The molecule has 0 aliphatic carbocycles. The van der Waals surface area contributed by atoms with Gasteiger partial charge in [0.05, 0.1) is 40.7 Å². The van der Waals surface area contributed by atoms with Crippen molar-refractivity contribution in [1.82, 2.24) is 29.4 Å². The molecular formula is C40H47N7O5S. The third-order valence-corrected chi connectivity index (χ3v) is 11.4. The van der Waals surface area contributed by atoms with E-state index in [1.54, 1.807) is 29.3 Å². The molecule has 0 radical (unpaired) electrons. The van der Waals surface area contributed by atoms with E-state index in [1.165, 1.54) is 12.1 Å². The quantitative estimate of drug-likeness (QED) is 0.208. The van der Waals surface area contributed by atoms with E-state index in [0.717, 1.165) is 27.9 Å². The van der Waals surface area contributed by atoms with Crippen LogP contribution >= 0.6 is 0 Å². The highest BCUT2D eigenvalue weighted by molar-refractivity contribution is 7.92. The molecule has 3 aromatic heterocycles. The summed E-state index contributed by atoms with van der Waals surface area (Å²) in [6.45, 7) is 15.0. The lowest BCUT2D eigenvalue weighted by atomic mass is 9.92. The van der Waals surface area contributed by atoms with Crippen LogP contribution in [0.1, 0.15) is 86.4 Å². The zero-order chi connectivity index (χ0) is 37.8. The van der Waals surface area contributed by atoms with Crippen molar-refractivity contribution in [3.05, 3.63) is 88.9 Å². The summed E-state index contributed by atoms with van der Waals surface area (Å²) in [5, 5.41) is 0. The van der Waals surface area contributed by atoms with Crippen LogP contribution in [0.15, 0.2) is 65.7 Å². The van der Waals surface area contributed by atoms with Crippen molar-refractivity contribution in [3.8, 4) is 17.1 Å². The number of aryl methyl sites for hydroxylation is 3. The number of carbonyl (C=O) groups is 1. The summed E-state index contributed by atoms with van der Waals surface area (Å²) in [4.78, 5) is 35.9. The second-order valence-corrected chi connectivity index (χ2v) is 17.3. The lowest BCUT2D eigenvalue weighted by molar-refractivity contribution is -0.0143. The Kier molecular flexibility index (Phi) is 9.52. The van der Waals surface area contributed by atoms with Gasteiger partial charge in [0.2, 0.25) is 11.8 Å². The highest BCUT2D eigenvalue weighted by Gasteiger charge is 2.42. The third kappa shape index (κ3) is 7.11. The molecule has 7 rings (SSSR count). The van der Waals surface area contributed by atoms with E-state index in [9.17, 15) is 8.42 Å². The maximum absolute atomic E-state index is 15.0. The fraction of sp³-hybridized carbons (Fsp3) is 0.425. The molecule has 2 aliphatic heterocycles. The van der Waals surface area contributed by atoms with Crippen molar-refractivity contribution in [2.75, 3.05) is 17.9 Å². The molecule has 1 saturated heterocycles. The summed E-state index contributed by atoms with van der Waals surface area (Å²) in [5.74, 6) is -0.0929. The number of nitrogens with zero attached hydrogens (tertiary/aromatic N) is 6. The molecular weight excluding hydrogens is 691 g/mol. The number of aromatic nitrogens is 5. The minimum atomic E-state index is -4.22. The Morgan fingerprint density at radius 2 is 1.74 bits per heavy atom. The standard InChI is InChI=1S/C40H47N7O5S/c1-23(2)17-33-32-22-52-35-20-28(36-24(3)11-9-12-25(36)4)43-39(44-35)45-53(49,50)27-14-10-13-26(18-27)38(48)47(32)31(15-16-51-33)30-21-41-29-19-34(40(5,6)7)46(8)37(29)42-30/h9-14,18-21,23,31-33H,15-17,22H2,1-8H3,(H,43,44,45)/t31-,32-,33-/m0/s1. The molecule has 13 heteroatoms. The number of amides is 1. The number of carbonyl (C=O) groups excluding carboxylic acids is 1. The van der Waals surface area contributed by atoms with Crippen LogP contribution in [0.4, 0.5) is 5.95 Å². The number of hydrogen-bond acceptors (Lipinski definition) is 9. The average Bonchev–Trinajstić information content (AvgIpc) is 3.33. The van der Waals surface area contributed by atoms with Crippen LogP contribution in [0.3, 0.4) is 0 Å². The number of anilines is 1. The average molecular weight is 738 g/mol. The number of hydrogen-bond donors (Lipinski definition) is 1. The zero-order valence-corrected chi connectivity index (χ0v) is 32.4. The van der Waals surface area contributed by atoms with Crippen LogP contribution in [-0.4, -0.2) is 69.1 Å². The lowest BCUT2D eigenvalue weighted by Gasteiger charge is -2.39. The van der Waals surface area contributed by atoms with E-state index in [1.807, 2.05) is 39.1 Å². The Morgan fingerprint density at radius 1 is 1.00 bits per heavy atom. The highest BCUT2D eigenvalue weighted by atomic mass is 32.2. The molecule has 12 nitrogen and oxygen atoms in total. The Balaban J connectivity index is 1.42.